The molecule has 1 aliphatic rings. The predicted molar refractivity (Wildman–Crippen MR) is 59.0 cm³/mol. The fourth-order valence-electron chi connectivity index (χ4n) is 1.92. The molecule has 1 aromatic rings. The zero-order valence-electron chi connectivity index (χ0n) is 9.23. The van der Waals surface area contributed by atoms with Crippen LogP contribution in [0.25, 0.3) is 0 Å². The highest BCUT2D eigenvalue weighted by molar-refractivity contribution is 5.24. The normalized spacial score (nSPS) is 22.7. The lowest BCUT2D eigenvalue weighted by Crippen LogP contribution is -2.43. The van der Waals surface area contributed by atoms with Crippen LogP contribution >= 0.6 is 0 Å². The summed E-state index contributed by atoms with van der Waals surface area (Å²) in [6, 6.07) is 4.49. The molecule has 2 rings (SSSR count). The van der Waals surface area contributed by atoms with Gasteiger partial charge in [0, 0.05) is 37.9 Å². The summed E-state index contributed by atoms with van der Waals surface area (Å²) in [6.45, 7) is 3.13. The first-order chi connectivity index (χ1) is 7.31. The van der Waals surface area contributed by atoms with Crippen LogP contribution in [0.2, 0.25) is 0 Å². The van der Waals surface area contributed by atoms with E-state index < -0.39 is 0 Å². The third kappa shape index (κ3) is 2.27. The van der Waals surface area contributed by atoms with Gasteiger partial charge in [0.15, 0.2) is 0 Å². The first kappa shape index (κ1) is 10.4. The van der Waals surface area contributed by atoms with Gasteiger partial charge >= 0.3 is 0 Å². The van der Waals surface area contributed by atoms with E-state index in [-0.39, 0.29) is 0 Å². The Labute approximate surface area is 90.3 Å². The molecule has 0 radical (unpaired) electrons. The molecule has 1 aliphatic heterocycles. The number of likely N-dealkylation sites (N-methyl/N-ethyl adjacent to an activating group) is 1. The molecule has 1 atom stereocenters. The SMILES string of the molecule is COc1cc(C2CNCCN2C)ccn1. The summed E-state index contributed by atoms with van der Waals surface area (Å²) < 4.78 is 5.13. The van der Waals surface area contributed by atoms with Crippen molar-refractivity contribution < 1.29 is 4.74 Å². The van der Waals surface area contributed by atoms with Gasteiger partial charge in [0.25, 0.3) is 0 Å². The molecule has 15 heavy (non-hydrogen) atoms. The quantitative estimate of drug-likeness (QED) is 0.773. The minimum Gasteiger partial charge on any atom is -0.481 e. The number of aromatic nitrogens is 1. The lowest BCUT2D eigenvalue weighted by Gasteiger charge is -2.33. The number of pyridine rings is 1. The predicted octanol–water partition coefficient (Wildman–Crippen LogP) is 0.666. The molecule has 0 aliphatic carbocycles. The standard InChI is InChI=1S/C11H17N3O/c1-14-6-5-12-8-10(14)9-3-4-13-11(7-9)15-2/h3-4,7,10,12H,5-6,8H2,1-2H3. The average molecular weight is 207 g/mol. The fourth-order valence-corrected chi connectivity index (χ4v) is 1.92. The largest absolute Gasteiger partial charge is 0.481 e. The van der Waals surface area contributed by atoms with Gasteiger partial charge in [0.05, 0.1) is 7.11 Å². The molecule has 1 unspecified atom stereocenters. The summed E-state index contributed by atoms with van der Waals surface area (Å²) in [6.07, 6.45) is 1.80. The molecule has 4 heteroatoms. The number of hydrogen-bond acceptors (Lipinski definition) is 4. The van der Waals surface area contributed by atoms with Crippen molar-refractivity contribution >= 4 is 0 Å². The van der Waals surface area contributed by atoms with Crippen molar-refractivity contribution in [3.8, 4) is 5.88 Å². The number of nitrogens with one attached hydrogen (secondary N) is 1. The van der Waals surface area contributed by atoms with E-state index in [0.717, 1.165) is 19.6 Å². The number of methoxy groups -OCH3 is 1. The van der Waals surface area contributed by atoms with Crippen LogP contribution in [0.15, 0.2) is 18.3 Å². The summed E-state index contributed by atoms with van der Waals surface area (Å²) in [4.78, 5) is 6.47. The number of nitrogens with zero attached hydrogens (tertiary/aromatic N) is 2. The molecule has 1 fully saturated rings. The molecule has 0 saturated carbocycles. The minimum absolute atomic E-state index is 0.427. The van der Waals surface area contributed by atoms with Gasteiger partial charge < -0.3 is 10.1 Å². The Kier molecular flexibility index (Phi) is 3.18. The third-order valence-corrected chi connectivity index (χ3v) is 2.86. The molecular formula is C11H17N3O. The summed E-state index contributed by atoms with van der Waals surface area (Å²) in [5.74, 6) is 0.687. The lowest BCUT2D eigenvalue weighted by molar-refractivity contribution is 0.202. The van der Waals surface area contributed by atoms with Crippen LogP contribution in [-0.4, -0.2) is 43.7 Å². The topological polar surface area (TPSA) is 37.4 Å². The van der Waals surface area contributed by atoms with Gasteiger partial charge in [-0.25, -0.2) is 4.98 Å². The van der Waals surface area contributed by atoms with Crippen molar-refractivity contribution in [3.05, 3.63) is 23.9 Å². The first-order valence-electron chi connectivity index (χ1n) is 5.22. The number of piperazine rings is 1. The van der Waals surface area contributed by atoms with Crippen LogP contribution in [-0.2, 0) is 0 Å². The molecule has 0 amide bonds. The summed E-state index contributed by atoms with van der Waals surface area (Å²) in [7, 11) is 3.80. The van der Waals surface area contributed by atoms with Crippen molar-refractivity contribution in [1.29, 1.82) is 0 Å². The van der Waals surface area contributed by atoms with E-state index in [1.807, 2.05) is 6.07 Å². The highest BCUT2D eigenvalue weighted by Crippen LogP contribution is 2.22. The fraction of sp³-hybridized carbons (Fsp3) is 0.545. The molecule has 0 bridgehead atoms. The Hall–Kier alpha value is -1.13. The second kappa shape index (κ2) is 4.59. The Morgan fingerprint density at radius 3 is 3.20 bits per heavy atom. The van der Waals surface area contributed by atoms with Gasteiger partial charge in [-0.15, -0.1) is 0 Å². The lowest BCUT2D eigenvalue weighted by atomic mass is 10.1. The van der Waals surface area contributed by atoms with E-state index in [9.17, 15) is 0 Å². The van der Waals surface area contributed by atoms with Gasteiger partial charge in [-0.05, 0) is 18.7 Å². The van der Waals surface area contributed by atoms with Gasteiger partial charge in [-0.2, -0.15) is 0 Å². The Balaban J connectivity index is 2.19. The second-order valence-corrected chi connectivity index (χ2v) is 3.83. The zero-order chi connectivity index (χ0) is 10.7. The molecule has 1 N–H and O–H groups in total. The van der Waals surface area contributed by atoms with Crippen molar-refractivity contribution in [3.63, 3.8) is 0 Å². The van der Waals surface area contributed by atoms with Crippen LogP contribution in [0.3, 0.4) is 0 Å². The molecule has 2 heterocycles. The summed E-state index contributed by atoms with van der Waals surface area (Å²) in [5.41, 5.74) is 1.26. The smallest absolute Gasteiger partial charge is 0.213 e. The Bertz CT molecular complexity index is 329. The second-order valence-electron chi connectivity index (χ2n) is 3.83. The van der Waals surface area contributed by atoms with Crippen molar-refractivity contribution in [2.24, 2.45) is 0 Å². The third-order valence-electron chi connectivity index (χ3n) is 2.86. The molecule has 1 aromatic heterocycles. The monoisotopic (exact) mass is 207 g/mol. The highest BCUT2D eigenvalue weighted by atomic mass is 16.5. The number of ether oxygens (including phenoxy) is 1. The van der Waals surface area contributed by atoms with Crippen molar-refractivity contribution in [1.82, 2.24) is 15.2 Å². The highest BCUT2D eigenvalue weighted by Gasteiger charge is 2.20. The van der Waals surface area contributed by atoms with Crippen LogP contribution in [0.1, 0.15) is 11.6 Å². The van der Waals surface area contributed by atoms with E-state index in [1.165, 1.54) is 5.56 Å². The van der Waals surface area contributed by atoms with Gasteiger partial charge in [0.1, 0.15) is 0 Å². The molecule has 1 saturated heterocycles. The van der Waals surface area contributed by atoms with Crippen molar-refractivity contribution in [2.45, 2.75) is 6.04 Å². The van der Waals surface area contributed by atoms with E-state index >= 15 is 0 Å². The van der Waals surface area contributed by atoms with E-state index in [2.05, 4.69) is 28.3 Å². The van der Waals surface area contributed by atoms with E-state index in [0.29, 0.717) is 11.9 Å². The number of hydrogen-bond donors (Lipinski definition) is 1. The van der Waals surface area contributed by atoms with Crippen LogP contribution < -0.4 is 10.1 Å². The van der Waals surface area contributed by atoms with E-state index in [4.69, 9.17) is 4.74 Å². The Morgan fingerprint density at radius 1 is 1.60 bits per heavy atom. The zero-order valence-corrected chi connectivity index (χ0v) is 9.23. The van der Waals surface area contributed by atoms with Gasteiger partial charge in [-0.1, -0.05) is 0 Å². The summed E-state index contributed by atoms with van der Waals surface area (Å²) >= 11 is 0. The minimum atomic E-state index is 0.427. The van der Waals surface area contributed by atoms with Crippen LogP contribution in [0, 0.1) is 0 Å². The van der Waals surface area contributed by atoms with Crippen molar-refractivity contribution in [2.75, 3.05) is 33.8 Å². The first-order valence-corrected chi connectivity index (χ1v) is 5.22. The maximum atomic E-state index is 5.13. The molecule has 4 nitrogen and oxygen atoms in total. The number of rotatable bonds is 2. The molecular weight excluding hydrogens is 190 g/mol. The summed E-state index contributed by atoms with van der Waals surface area (Å²) in [5, 5.41) is 3.40. The van der Waals surface area contributed by atoms with Crippen LogP contribution in [0.4, 0.5) is 0 Å². The van der Waals surface area contributed by atoms with Crippen LogP contribution in [0.5, 0.6) is 5.88 Å². The molecule has 0 aromatic carbocycles. The van der Waals surface area contributed by atoms with Gasteiger partial charge in [0.2, 0.25) is 5.88 Å². The Morgan fingerprint density at radius 2 is 2.47 bits per heavy atom. The van der Waals surface area contributed by atoms with E-state index in [1.54, 1.807) is 13.3 Å². The molecule has 0 spiro atoms. The average Bonchev–Trinajstić information content (AvgIpc) is 2.30. The maximum Gasteiger partial charge on any atom is 0.213 e. The molecule has 82 valence electrons. The van der Waals surface area contributed by atoms with Gasteiger partial charge in [-0.3, -0.25) is 4.90 Å². The maximum absolute atomic E-state index is 5.13.